The van der Waals surface area contributed by atoms with Crippen molar-refractivity contribution in [2.75, 3.05) is 11.9 Å². The third-order valence-corrected chi connectivity index (χ3v) is 3.03. The van der Waals surface area contributed by atoms with Gasteiger partial charge in [-0.2, -0.15) is 0 Å². The lowest BCUT2D eigenvalue weighted by atomic mass is 10.3. The molecule has 11 nitrogen and oxygen atoms in total. The van der Waals surface area contributed by atoms with Gasteiger partial charge in [0.05, 0.1) is 6.61 Å². The van der Waals surface area contributed by atoms with Gasteiger partial charge in [-0.15, -0.1) is 0 Å². The minimum absolute atomic E-state index is 0.125. The zero-order valence-corrected chi connectivity index (χ0v) is 12.6. The van der Waals surface area contributed by atoms with Crippen LogP contribution in [0, 0.1) is 6.92 Å². The number of nitrogens with zero attached hydrogens (tertiary/aromatic N) is 2. The van der Waals surface area contributed by atoms with Gasteiger partial charge in [-0.25, -0.2) is 4.79 Å². The average Bonchev–Trinajstić information content (AvgIpc) is 3.03. The fourth-order valence-electron chi connectivity index (χ4n) is 1.82. The molecule has 0 spiro atoms. The Morgan fingerprint density at radius 3 is 2.83 bits per heavy atom. The van der Waals surface area contributed by atoms with Crippen LogP contribution in [0.15, 0.2) is 32.6 Å². The number of hydrogen-bond acceptors (Lipinski definition) is 7. The lowest BCUT2D eigenvalue weighted by Gasteiger charge is -2.15. The van der Waals surface area contributed by atoms with Gasteiger partial charge in [-0.05, 0) is 6.92 Å². The number of aromatic nitrogens is 3. The number of rotatable bonds is 6. The zero-order valence-electron chi connectivity index (χ0n) is 12.6. The summed E-state index contributed by atoms with van der Waals surface area (Å²) in [4.78, 5) is 48.8. The van der Waals surface area contributed by atoms with Gasteiger partial charge in [0.15, 0.2) is 5.82 Å². The Balaban J connectivity index is 2.02. The monoisotopic (exact) mass is 337 g/mol. The van der Waals surface area contributed by atoms with Crippen molar-refractivity contribution in [2.45, 2.75) is 19.5 Å². The SMILES string of the molecule is Cc1cn(CC(=O)NC(CO)C(=O)Nc2ccon2)c(=O)[nH]c1=O. The van der Waals surface area contributed by atoms with Crippen LogP contribution < -0.4 is 21.9 Å². The van der Waals surface area contributed by atoms with Crippen LogP contribution in [0.2, 0.25) is 0 Å². The Morgan fingerprint density at radius 1 is 1.46 bits per heavy atom. The first-order valence-corrected chi connectivity index (χ1v) is 6.82. The van der Waals surface area contributed by atoms with E-state index in [-0.39, 0.29) is 11.4 Å². The second kappa shape index (κ2) is 7.37. The van der Waals surface area contributed by atoms with E-state index in [0.717, 1.165) is 4.57 Å². The quantitative estimate of drug-likeness (QED) is 0.472. The van der Waals surface area contributed by atoms with Crippen molar-refractivity contribution in [1.82, 2.24) is 20.0 Å². The van der Waals surface area contributed by atoms with E-state index < -0.39 is 42.3 Å². The highest BCUT2D eigenvalue weighted by Crippen LogP contribution is 2.01. The fourth-order valence-corrected chi connectivity index (χ4v) is 1.82. The maximum absolute atomic E-state index is 11.9. The molecule has 1 atom stereocenters. The van der Waals surface area contributed by atoms with Crippen molar-refractivity contribution in [2.24, 2.45) is 0 Å². The van der Waals surface area contributed by atoms with E-state index >= 15 is 0 Å². The molecule has 0 bridgehead atoms. The number of aliphatic hydroxyl groups is 1. The predicted octanol–water partition coefficient (Wildman–Crippen LogP) is -2.05. The van der Waals surface area contributed by atoms with Crippen molar-refractivity contribution in [3.8, 4) is 0 Å². The third-order valence-electron chi connectivity index (χ3n) is 3.03. The topological polar surface area (TPSA) is 159 Å². The van der Waals surface area contributed by atoms with Crippen LogP contribution >= 0.6 is 0 Å². The summed E-state index contributed by atoms with van der Waals surface area (Å²) in [6.45, 7) is 0.397. The number of H-pyrrole nitrogens is 1. The highest BCUT2D eigenvalue weighted by molar-refractivity contribution is 5.96. The van der Waals surface area contributed by atoms with E-state index in [0.29, 0.717) is 0 Å². The first kappa shape index (κ1) is 17.1. The Hall–Kier alpha value is -3.21. The standard InChI is InChI=1S/C13H15N5O6/c1-7-4-18(13(23)16-11(7)21)5-10(20)14-8(6-19)12(22)15-9-2-3-24-17-9/h2-4,8,19H,5-6H2,1H3,(H,14,20)(H,15,17,22)(H,16,21,23). The molecule has 128 valence electrons. The summed E-state index contributed by atoms with van der Waals surface area (Å²) in [5.41, 5.74) is -1.05. The molecule has 2 amide bonds. The van der Waals surface area contributed by atoms with Crippen LogP contribution in [0.1, 0.15) is 5.56 Å². The molecule has 2 rings (SSSR count). The van der Waals surface area contributed by atoms with E-state index in [1.807, 2.05) is 0 Å². The molecule has 24 heavy (non-hydrogen) atoms. The smallest absolute Gasteiger partial charge is 0.328 e. The van der Waals surface area contributed by atoms with E-state index in [9.17, 15) is 24.3 Å². The Bertz CT molecular complexity index is 837. The zero-order chi connectivity index (χ0) is 17.7. The lowest BCUT2D eigenvalue weighted by Crippen LogP contribution is -2.48. The lowest BCUT2D eigenvalue weighted by molar-refractivity contribution is -0.127. The number of anilines is 1. The summed E-state index contributed by atoms with van der Waals surface area (Å²) in [7, 11) is 0. The number of hydrogen-bond donors (Lipinski definition) is 4. The molecule has 0 saturated heterocycles. The second-order valence-electron chi connectivity index (χ2n) is 4.88. The number of aryl methyl sites for hydroxylation is 1. The second-order valence-corrected chi connectivity index (χ2v) is 4.88. The van der Waals surface area contributed by atoms with Gasteiger partial charge in [-0.3, -0.25) is 23.9 Å². The molecule has 0 aliphatic carbocycles. The Kier molecular flexibility index (Phi) is 5.27. The predicted molar refractivity (Wildman–Crippen MR) is 80.2 cm³/mol. The van der Waals surface area contributed by atoms with Crippen molar-refractivity contribution in [3.63, 3.8) is 0 Å². The number of nitrogens with one attached hydrogen (secondary N) is 3. The van der Waals surface area contributed by atoms with Gasteiger partial charge in [0.1, 0.15) is 18.8 Å². The van der Waals surface area contributed by atoms with Gasteiger partial charge >= 0.3 is 5.69 Å². The average molecular weight is 337 g/mol. The summed E-state index contributed by atoms with van der Waals surface area (Å²) in [6.07, 6.45) is 2.47. The number of aliphatic hydroxyl groups excluding tert-OH is 1. The third kappa shape index (κ3) is 4.16. The summed E-state index contributed by atoms with van der Waals surface area (Å²) < 4.78 is 5.52. The highest BCUT2D eigenvalue weighted by Gasteiger charge is 2.21. The van der Waals surface area contributed by atoms with E-state index in [1.165, 1.54) is 25.5 Å². The van der Waals surface area contributed by atoms with Gasteiger partial charge in [0, 0.05) is 17.8 Å². The molecule has 0 radical (unpaired) electrons. The summed E-state index contributed by atoms with van der Waals surface area (Å²) in [6, 6.07) is 0.144. The van der Waals surface area contributed by atoms with E-state index in [4.69, 9.17) is 0 Å². The van der Waals surface area contributed by atoms with Crippen LogP contribution in [0.5, 0.6) is 0 Å². The first-order chi connectivity index (χ1) is 11.4. The van der Waals surface area contributed by atoms with Crippen molar-refractivity contribution >= 4 is 17.6 Å². The number of amides is 2. The maximum Gasteiger partial charge on any atom is 0.328 e. The molecule has 0 aliphatic rings. The molecule has 1 unspecified atom stereocenters. The van der Waals surface area contributed by atoms with Crippen molar-refractivity contribution in [1.29, 1.82) is 0 Å². The molecule has 2 heterocycles. The molecule has 0 saturated carbocycles. The summed E-state index contributed by atoms with van der Waals surface area (Å²) in [5, 5.41) is 17.3. The van der Waals surface area contributed by atoms with E-state index in [2.05, 4.69) is 25.3 Å². The molecular formula is C13H15N5O6. The summed E-state index contributed by atoms with van der Waals surface area (Å²) in [5.74, 6) is -1.28. The Labute approximate surface area is 134 Å². The van der Waals surface area contributed by atoms with Crippen LogP contribution in [-0.4, -0.2) is 44.3 Å². The summed E-state index contributed by atoms with van der Waals surface area (Å²) >= 11 is 0. The molecule has 4 N–H and O–H groups in total. The largest absolute Gasteiger partial charge is 0.394 e. The molecule has 2 aromatic heterocycles. The molecule has 2 aromatic rings. The van der Waals surface area contributed by atoms with Gasteiger partial charge in [-0.1, -0.05) is 5.16 Å². The van der Waals surface area contributed by atoms with Gasteiger partial charge < -0.3 is 20.3 Å². The van der Waals surface area contributed by atoms with Crippen LogP contribution in [0.3, 0.4) is 0 Å². The number of carbonyl (C=O) groups excluding carboxylic acids is 2. The van der Waals surface area contributed by atoms with Crippen LogP contribution in [0.4, 0.5) is 5.82 Å². The molecule has 0 fully saturated rings. The minimum Gasteiger partial charge on any atom is -0.394 e. The van der Waals surface area contributed by atoms with Crippen molar-refractivity contribution in [3.05, 3.63) is 44.9 Å². The molecule has 0 aliphatic heterocycles. The van der Waals surface area contributed by atoms with Gasteiger partial charge in [0.2, 0.25) is 5.91 Å². The van der Waals surface area contributed by atoms with Crippen LogP contribution in [-0.2, 0) is 16.1 Å². The van der Waals surface area contributed by atoms with Crippen molar-refractivity contribution < 1.29 is 19.2 Å². The fraction of sp³-hybridized carbons (Fsp3) is 0.308. The molecule has 0 aromatic carbocycles. The minimum atomic E-state index is -1.24. The maximum atomic E-state index is 11.9. The van der Waals surface area contributed by atoms with E-state index in [1.54, 1.807) is 0 Å². The molecule has 11 heteroatoms. The van der Waals surface area contributed by atoms with Crippen LogP contribution in [0.25, 0.3) is 0 Å². The first-order valence-electron chi connectivity index (χ1n) is 6.82. The highest BCUT2D eigenvalue weighted by atomic mass is 16.5. The number of carbonyl (C=O) groups is 2. The molecular weight excluding hydrogens is 322 g/mol. The van der Waals surface area contributed by atoms with Gasteiger partial charge in [0.25, 0.3) is 11.5 Å². The Morgan fingerprint density at radius 2 is 2.21 bits per heavy atom. The number of aromatic amines is 1. The normalized spacial score (nSPS) is 11.8.